The third-order valence-corrected chi connectivity index (χ3v) is 11.7. The second-order valence-electron chi connectivity index (χ2n) is 15.4. The summed E-state index contributed by atoms with van der Waals surface area (Å²) in [6.45, 7) is 4.75. The highest BCUT2D eigenvalue weighted by atomic mass is 15.1. The van der Waals surface area contributed by atoms with Crippen molar-refractivity contribution in [2.75, 3.05) is 4.90 Å². The third-order valence-electron chi connectivity index (χ3n) is 11.7. The van der Waals surface area contributed by atoms with Gasteiger partial charge < -0.3 is 4.90 Å². The number of nitrogens with zero attached hydrogens (tertiary/aromatic N) is 1. The number of fused-ring (bicyclic) bond motifs is 4. The Bertz CT molecular complexity index is 2830. The highest BCUT2D eigenvalue weighted by molar-refractivity contribution is 5.91. The number of hydrogen-bond acceptors (Lipinski definition) is 1. The topological polar surface area (TPSA) is 3.24 Å². The lowest BCUT2D eigenvalue weighted by Gasteiger charge is -2.28. The minimum Gasteiger partial charge on any atom is -0.310 e. The zero-order valence-corrected chi connectivity index (χ0v) is 31.7. The van der Waals surface area contributed by atoms with Crippen LogP contribution in [0.25, 0.3) is 66.4 Å². The maximum atomic E-state index is 2.42. The first-order chi connectivity index (χ1) is 27.5. The summed E-state index contributed by atoms with van der Waals surface area (Å²) in [5.41, 5.74) is 18.4. The van der Waals surface area contributed by atoms with Crippen molar-refractivity contribution in [3.63, 3.8) is 0 Å². The summed E-state index contributed by atoms with van der Waals surface area (Å²) in [4.78, 5) is 2.41. The minimum absolute atomic E-state index is 0.177. The van der Waals surface area contributed by atoms with Crippen LogP contribution >= 0.6 is 0 Å². The number of hydrogen-bond donors (Lipinski definition) is 0. The molecule has 1 aliphatic rings. The predicted molar refractivity (Wildman–Crippen MR) is 238 cm³/mol. The van der Waals surface area contributed by atoms with E-state index in [2.05, 4.69) is 231 Å². The van der Waals surface area contributed by atoms with E-state index >= 15 is 0 Å². The molecule has 0 atom stereocenters. The predicted octanol–water partition coefficient (Wildman–Crippen LogP) is 15.3. The first kappa shape index (κ1) is 33.6. The summed E-state index contributed by atoms with van der Waals surface area (Å²) >= 11 is 0. The second kappa shape index (κ2) is 13.7. The van der Waals surface area contributed by atoms with Crippen LogP contribution in [-0.2, 0) is 5.41 Å². The molecule has 56 heavy (non-hydrogen) atoms. The highest BCUT2D eigenvalue weighted by Gasteiger charge is 2.36. The van der Waals surface area contributed by atoms with E-state index < -0.39 is 0 Å². The second-order valence-corrected chi connectivity index (χ2v) is 15.4. The van der Waals surface area contributed by atoms with Crippen molar-refractivity contribution in [1.29, 1.82) is 0 Å². The first-order valence-corrected chi connectivity index (χ1v) is 19.5. The summed E-state index contributed by atoms with van der Waals surface area (Å²) in [5.74, 6) is 0. The Kier molecular flexibility index (Phi) is 8.23. The van der Waals surface area contributed by atoms with E-state index in [-0.39, 0.29) is 5.41 Å². The molecule has 0 aromatic heterocycles. The first-order valence-electron chi connectivity index (χ1n) is 19.5. The van der Waals surface area contributed by atoms with Crippen LogP contribution in [0.3, 0.4) is 0 Å². The number of anilines is 3. The molecule has 0 bridgehead atoms. The molecule has 0 spiro atoms. The molecular formula is C55H41N. The zero-order chi connectivity index (χ0) is 37.6. The lowest BCUT2D eigenvalue weighted by Crippen LogP contribution is -2.16. The summed E-state index contributed by atoms with van der Waals surface area (Å²) in [6.07, 6.45) is 0. The summed E-state index contributed by atoms with van der Waals surface area (Å²) in [6, 6.07) is 77.5. The maximum Gasteiger partial charge on any atom is 0.0468 e. The molecule has 0 radical (unpaired) electrons. The average Bonchev–Trinajstić information content (AvgIpc) is 3.49. The van der Waals surface area contributed by atoms with Gasteiger partial charge in [0.2, 0.25) is 0 Å². The van der Waals surface area contributed by atoms with E-state index in [1.165, 1.54) is 77.5 Å². The summed E-state index contributed by atoms with van der Waals surface area (Å²) < 4.78 is 0. The van der Waals surface area contributed by atoms with Gasteiger partial charge in [0.05, 0.1) is 0 Å². The SMILES string of the molecule is CC1(C)c2cc(-c3ccc(-c4ccc(-c5ccccc5)cc4)cc3)ccc2-c2ccc(N(c3ccc(-c4ccccc4)cc3)c3ccc4ccccc4c3)cc21. The lowest BCUT2D eigenvalue weighted by molar-refractivity contribution is 0.660. The third kappa shape index (κ3) is 5.99. The molecule has 266 valence electrons. The molecule has 1 aliphatic carbocycles. The Morgan fingerprint density at radius 2 is 0.661 bits per heavy atom. The zero-order valence-electron chi connectivity index (χ0n) is 31.7. The van der Waals surface area contributed by atoms with E-state index in [4.69, 9.17) is 0 Å². The molecule has 1 nitrogen and oxygen atoms in total. The molecule has 0 aliphatic heterocycles. The van der Waals surface area contributed by atoms with Gasteiger partial charge in [-0.05, 0) is 120 Å². The molecule has 0 unspecified atom stereocenters. The number of rotatable bonds is 7. The maximum absolute atomic E-state index is 2.42. The van der Waals surface area contributed by atoms with E-state index in [1.807, 2.05) is 0 Å². The van der Waals surface area contributed by atoms with Crippen molar-refractivity contribution in [1.82, 2.24) is 0 Å². The van der Waals surface area contributed by atoms with Gasteiger partial charge in [0.15, 0.2) is 0 Å². The van der Waals surface area contributed by atoms with Crippen molar-refractivity contribution in [3.05, 3.63) is 223 Å². The Balaban J connectivity index is 0.979. The van der Waals surface area contributed by atoms with Crippen LogP contribution in [0.4, 0.5) is 17.1 Å². The minimum atomic E-state index is -0.177. The summed E-state index contributed by atoms with van der Waals surface area (Å²) in [5, 5.41) is 2.47. The van der Waals surface area contributed by atoms with Gasteiger partial charge in [0.25, 0.3) is 0 Å². The van der Waals surface area contributed by atoms with E-state index in [1.54, 1.807) is 0 Å². The standard InChI is InChI=1S/C55H41N/c1-55(2)53-36-47(45-23-21-43(22-24-45)42-19-17-41(18-20-42)38-11-5-3-6-12-38)28-33-51(53)52-34-32-50(37-54(52)55)56(49-31-27-40-15-9-10-16-46(40)35-49)48-29-25-44(26-30-48)39-13-7-4-8-14-39/h3-37H,1-2H3. The molecule has 0 heterocycles. The molecule has 0 saturated carbocycles. The van der Waals surface area contributed by atoms with Crippen LogP contribution in [0.15, 0.2) is 212 Å². The molecule has 0 N–H and O–H groups in total. The van der Waals surface area contributed by atoms with Crippen LogP contribution in [0.1, 0.15) is 25.0 Å². The van der Waals surface area contributed by atoms with E-state index in [0.29, 0.717) is 0 Å². The fraction of sp³-hybridized carbons (Fsp3) is 0.0545. The Hall–Kier alpha value is -6.96. The van der Waals surface area contributed by atoms with Crippen LogP contribution in [0.2, 0.25) is 0 Å². The van der Waals surface area contributed by atoms with Crippen LogP contribution < -0.4 is 4.90 Å². The van der Waals surface area contributed by atoms with Gasteiger partial charge in [-0.3, -0.25) is 0 Å². The Morgan fingerprint density at radius 3 is 1.23 bits per heavy atom. The van der Waals surface area contributed by atoms with E-state index in [0.717, 1.165) is 17.1 Å². The van der Waals surface area contributed by atoms with Crippen molar-refractivity contribution in [2.24, 2.45) is 0 Å². The highest BCUT2D eigenvalue weighted by Crippen LogP contribution is 2.52. The van der Waals surface area contributed by atoms with Crippen LogP contribution in [0.5, 0.6) is 0 Å². The summed E-state index contributed by atoms with van der Waals surface area (Å²) in [7, 11) is 0. The quantitative estimate of drug-likeness (QED) is 0.159. The van der Waals surface area contributed by atoms with Crippen molar-refractivity contribution in [2.45, 2.75) is 19.3 Å². The van der Waals surface area contributed by atoms with Gasteiger partial charge >= 0.3 is 0 Å². The van der Waals surface area contributed by atoms with Gasteiger partial charge in [-0.25, -0.2) is 0 Å². The van der Waals surface area contributed by atoms with Gasteiger partial charge in [-0.1, -0.05) is 184 Å². The van der Waals surface area contributed by atoms with Crippen molar-refractivity contribution >= 4 is 27.8 Å². The van der Waals surface area contributed by atoms with Crippen molar-refractivity contribution in [3.8, 4) is 55.6 Å². The Labute approximate surface area is 329 Å². The molecule has 9 aromatic rings. The molecule has 9 aromatic carbocycles. The van der Waals surface area contributed by atoms with Crippen molar-refractivity contribution < 1.29 is 0 Å². The molecular weight excluding hydrogens is 675 g/mol. The monoisotopic (exact) mass is 715 g/mol. The molecule has 0 amide bonds. The molecule has 1 heteroatoms. The molecule has 0 fully saturated rings. The largest absolute Gasteiger partial charge is 0.310 e. The Morgan fingerprint density at radius 1 is 0.286 bits per heavy atom. The van der Waals surface area contributed by atoms with Gasteiger partial charge in [-0.15, -0.1) is 0 Å². The van der Waals surface area contributed by atoms with E-state index in [9.17, 15) is 0 Å². The van der Waals surface area contributed by atoms with Crippen LogP contribution in [-0.4, -0.2) is 0 Å². The van der Waals surface area contributed by atoms with Gasteiger partial charge in [-0.2, -0.15) is 0 Å². The lowest BCUT2D eigenvalue weighted by atomic mass is 9.81. The molecule has 0 saturated heterocycles. The fourth-order valence-corrected chi connectivity index (χ4v) is 8.58. The smallest absolute Gasteiger partial charge is 0.0468 e. The normalized spacial score (nSPS) is 12.6. The average molecular weight is 716 g/mol. The number of benzene rings is 9. The fourth-order valence-electron chi connectivity index (χ4n) is 8.58. The van der Waals surface area contributed by atoms with Gasteiger partial charge in [0.1, 0.15) is 0 Å². The molecule has 10 rings (SSSR count). The van der Waals surface area contributed by atoms with Crippen LogP contribution in [0, 0.1) is 0 Å². The van der Waals surface area contributed by atoms with Gasteiger partial charge in [0, 0.05) is 22.5 Å².